The highest BCUT2D eigenvalue weighted by atomic mass is 19.1. The van der Waals surface area contributed by atoms with Crippen LogP contribution in [0.25, 0.3) is 0 Å². The maximum absolute atomic E-state index is 15.4. The van der Waals surface area contributed by atoms with Gasteiger partial charge in [-0.1, -0.05) is 0 Å². The van der Waals surface area contributed by atoms with Crippen molar-refractivity contribution in [2.45, 2.75) is 88.4 Å². The molecule has 3 aliphatic carbocycles. The van der Waals surface area contributed by atoms with Gasteiger partial charge in [0.15, 0.2) is 12.1 Å². The molecule has 7 unspecified atom stereocenters. The number of fused-ring (bicyclic) bond motifs is 1. The molecule has 4 aliphatic heterocycles. The van der Waals surface area contributed by atoms with Crippen molar-refractivity contribution in [1.82, 2.24) is 25.8 Å². The number of piperazine rings is 1. The van der Waals surface area contributed by atoms with Gasteiger partial charge in [-0.2, -0.15) is 0 Å². The molecule has 218 valence electrons. The van der Waals surface area contributed by atoms with Gasteiger partial charge < -0.3 is 15.5 Å². The number of carbonyl (C=O) groups excluding carboxylic acids is 1. The Balaban J connectivity index is 0.887. The number of halogens is 1. The maximum Gasteiger partial charge on any atom is 0.225 e. The van der Waals surface area contributed by atoms with E-state index in [1.165, 1.54) is 12.8 Å². The second-order valence-electron chi connectivity index (χ2n) is 13.1. The van der Waals surface area contributed by atoms with Crippen LogP contribution in [-0.4, -0.2) is 110 Å². The normalized spacial score (nSPS) is 39.0. The third-order valence-corrected chi connectivity index (χ3v) is 9.88. The molecular formula is C29H44FN9O. The monoisotopic (exact) mass is 553 g/mol. The lowest BCUT2D eigenvalue weighted by atomic mass is 9.79. The average molecular weight is 554 g/mol. The van der Waals surface area contributed by atoms with Gasteiger partial charge in [0.25, 0.3) is 0 Å². The van der Waals surface area contributed by atoms with Crippen molar-refractivity contribution in [2.75, 3.05) is 39.3 Å². The van der Waals surface area contributed by atoms with Gasteiger partial charge in [-0.3, -0.25) is 25.0 Å². The zero-order chi connectivity index (χ0) is 27.1. The second-order valence-corrected chi connectivity index (χ2v) is 13.1. The Morgan fingerprint density at radius 2 is 1.82 bits per heavy atom. The van der Waals surface area contributed by atoms with Crippen LogP contribution in [0.2, 0.25) is 0 Å². The lowest BCUT2D eigenvalue weighted by Crippen LogP contribution is -2.50. The molecule has 0 aromatic heterocycles. The van der Waals surface area contributed by atoms with Crippen molar-refractivity contribution in [3.05, 3.63) is 0 Å². The van der Waals surface area contributed by atoms with Crippen molar-refractivity contribution in [3.8, 4) is 0 Å². The quantitative estimate of drug-likeness (QED) is 0.423. The molecule has 10 nitrogen and oxygen atoms in total. The number of aliphatic imine (C=N–C) groups is 4. The average Bonchev–Trinajstić information content (AvgIpc) is 3.90. The van der Waals surface area contributed by atoms with E-state index in [9.17, 15) is 4.79 Å². The lowest BCUT2D eigenvalue weighted by Gasteiger charge is -2.37. The van der Waals surface area contributed by atoms with Crippen molar-refractivity contribution in [2.24, 2.45) is 43.6 Å². The third kappa shape index (κ3) is 6.10. The summed E-state index contributed by atoms with van der Waals surface area (Å²) in [4.78, 5) is 35.3. The van der Waals surface area contributed by atoms with Crippen LogP contribution in [0.5, 0.6) is 0 Å². The summed E-state index contributed by atoms with van der Waals surface area (Å²) in [5.41, 5.74) is 0.659. The lowest BCUT2D eigenvalue weighted by molar-refractivity contribution is -0.134. The van der Waals surface area contributed by atoms with Gasteiger partial charge >= 0.3 is 0 Å². The fourth-order valence-electron chi connectivity index (χ4n) is 7.09. The second kappa shape index (κ2) is 11.5. The summed E-state index contributed by atoms with van der Waals surface area (Å²) in [6, 6.07) is 0.537. The Morgan fingerprint density at radius 3 is 2.62 bits per heavy atom. The predicted octanol–water partition coefficient (Wildman–Crippen LogP) is 1.58. The van der Waals surface area contributed by atoms with Gasteiger partial charge in [-0.25, -0.2) is 14.4 Å². The van der Waals surface area contributed by atoms with Crippen LogP contribution >= 0.6 is 0 Å². The van der Waals surface area contributed by atoms with Gasteiger partial charge in [-0.05, 0) is 69.6 Å². The molecule has 7 rings (SSSR count). The summed E-state index contributed by atoms with van der Waals surface area (Å²) in [5.74, 6) is 2.86. The Hall–Kier alpha value is -2.40. The number of rotatable bonds is 8. The number of hydrogen-bond acceptors (Lipinski definition) is 7. The van der Waals surface area contributed by atoms with Crippen LogP contribution in [0.4, 0.5) is 4.39 Å². The number of alkyl halides is 1. The van der Waals surface area contributed by atoms with E-state index in [1.54, 1.807) is 6.34 Å². The summed E-state index contributed by atoms with van der Waals surface area (Å²) in [5, 5.41) is 10.5. The molecular weight excluding hydrogens is 509 g/mol. The van der Waals surface area contributed by atoms with Crippen molar-refractivity contribution < 1.29 is 9.18 Å². The van der Waals surface area contributed by atoms with Crippen molar-refractivity contribution >= 4 is 30.1 Å². The zero-order valence-corrected chi connectivity index (χ0v) is 23.4. The molecule has 0 aromatic carbocycles. The van der Waals surface area contributed by atoms with Gasteiger partial charge in [0.05, 0.1) is 5.71 Å². The summed E-state index contributed by atoms with van der Waals surface area (Å²) in [7, 11) is 0. The van der Waals surface area contributed by atoms with Crippen LogP contribution in [0, 0.1) is 23.7 Å². The van der Waals surface area contributed by atoms with Crippen LogP contribution < -0.4 is 16.0 Å². The SMILES string of the molecule is O=C(C1CC1)N1CCN(CC2CC=NC(N=C3NC4CCC(C5=NC=NC(NCC6CC6)C5F)CC4N3)C2)CC1. The molecule has 0 spiro atoms. The molecule has 40 heavy (non-hydrogen) atoms. The Labute approximate surface area is 236 Å². The fraction of sp³-hybridized carbons (Fsp3) is 0.828. The number of nitrogens with one attached hydrogen (secondary N) is 3. The Bertz CT molecular complexity index is 1060. The van der Waals surface area contributed by atoms with Crippen LogP contribution in [0.15, 0.2) is 20.0 Å². The first-order valence-electron chi connectivity index (χ1n) is 15.7. The number of hydrogen-bond donors (Lipinski definition) is 3. The Kier molecular flexibility index (Phi) is 7.60. The zero-order valence-electron chi connectivity index (χ0n) is 23.4. The van der Waals surface area contributed by atoms with E-state index in [-0.39, 0.29) is 18.1 Å². The highest BCUT2D eigenvalue weighted by Gasteiger charge is 2.42. The molecule has 3 N–H and O–H groups in total. The molecule has 0 bridgehead atoms. The van der Waals surface area contributed by atoms with Crippen molar-refractivity contribution in [1.29, 1.82) is 0 Å². The van der Waals surface area contributed by atoms with E-state index in [4.69, 9.17) is 9.98 Å². The molecule has 11 heteroatoms. The molecule has 1 amide bonds. The summed E-state index contributed by atoms with van der Waals surface area (Å²) in [6.07, 6.45) is 11.2. The van der Waals surface area contributed by atoms with E-state index in [0.717, 1.165) is 90.2 Å². The van der Waals surface area contributed by atoms with E-state index < -0.39 is 12.3 Å². The first-order chi connectivity index (χ1) is 19.6. The maximum atomic E-state index is 15.4. The topological polar surface area (TPSA) is 109 Å². The molecule has 5 fully saturated rings. The van der Waals surface area contributed by atoms with Gasteiger partial charge in [0, 0.05) is 69.4 Å². The summed E-state index contributed by atoms with van der Waals surface area (Å²) < 4.78 is 15.4. The first kappa shape index (κ1) is 26.5. The first-order valence-corrected chi connectivity index (χ1v) is 15.7. The van der Waals surface area contributed by atoms with E-state index in [2.05, 4.69) is 35.7 Å². The highest BCUT2D eigenvalue weighted by Crippen LogP contribution is 2.33. The standard InChI is InChI=1S/C29H44FN9O/c30-25-26(33-17-34-27(25)32-15-18-1-2-18)21-5-6-22-23(14-21)36-29(35-22)37-24-13-19(7-8-31-24)16-38-9-11-39(12-10-38)28(40)20-3-4-20/h8,17-25,27,32H,1-7,9-16H2,(H2,35,36,37). The molecule has 7 aliphatic rings. The molecule has 3 saturated carbocycles. The molecule has 0 radical (unpaired) electrons. The smallest absolute Gasteiger partial charge is 0.225 e. The van der Waals surface area contributed by atoms with Gasteiger partial charge in [-0.15, -0.1) is 0 Å². The minimum absolute atomic E-state index is 0.0742. The molecule has 2 saturated heterocycles. The number of nitrogens with zero attached hydrogens (tertiary/aromatic N) is 6. The largest absolute Gasteiger partial charge is 0.352 e. The molecule has 0 aromatic rings. The van der Waals surface area contributed by atoms with E-state index in [1.807, 2.05) is 6.21 Å². The predicted molar refractivity (Wildman–Crippen MR) is 155 cm³/mol. The van der Waals surface area contributed by atoms with E-state index >= 15 is 4.39 Å². The van der Waals surface area contributed by atoms with Gasteiger partial charge in [0.2, 0.25) is 5.91 Å². The molecule has 7 atom stereocenters. The van der Waals surface area contributed by atoms with Crippen LogP contribution in [0.3, 0.4) is 0 Å². The number of carbonyl (C=O) groups is 1. The number of guanidine groups is 1. The minimum atomic E-state index is -1.15. The highest BCUT2D eigenvalue weighted by molar-refractivity contribution is 5.98. The van der Waals surface area contributed by atoms with Crippen molar-refractivity contribution in [3.63, 3.8) is 0 Å². The summed E-state index contributed by atoms with van der Waals surface area (Å²) >= 11 is 0. The fourth-order valence-corrected chi connectivity index (χ4v) is 7.09. The van der Waals surface area contributed by atoms with Gasteiger partial charge in [0.1, 0.15) is 18.7 Å². The Morgan fingerprint density at radius 1 is 1.00 bits per heavy atom. The summed E-state index contributed by atoms with van der Waals surface area (Å²) in [6.45, 7) is 5.54. The number of amides is 1. The minimum Gasteiger partial charge on any atom is -0.352 e. The van der Waals surface area contributed by atoms with Crippen LogP contribution in [-0.2, 0) is 4.79 Å². The molecule has 4 heterocycles. The third-order valence-electron chi connectivity index (χ3n) is 9.88. The van der Waals surface area contributed by atoms with Crippen LogP contribution in [0.1, 0.15) is 57.8 Å². The van der Waals surface area contributed by atoms with E-state index in [0.29, 0.717) is 35.4 Å².